The molecule has 1 aromatic heterocycles. The van der Waals surface area contributed by atoms with Gasteiger partial charge in [-0.15, -0.1) is 0 Å². The van der Waals surface area contributed by atoms with E-state index in [2.05, 4.69) is 20.2 Å². The Kier molecular flexibility index (Phi) is 6.20. The molecule has 10 heteroatoms. The summed E-state index contributed by atoms with van der Waals surface area (Å²) in [6, 6.07) is 0.902. The van der Waals surface area contributed by atoms with Crippen LogP contribution in [0.2, 0.25) is 0 Å². The van der Waals surface area contributed by atoms with Crippen LogP contribution in [0.25, 0.3) is 0 Å². The quantitative estimate of drug-likeness (QED) is 0.705. The molecule has 3 rings (SSSR count). The first kappa shape index (κ1) is 17.6. The van der Waals surface area contributed by atoms with Crippen molar-refractivity contribution in [2.75, 3.05) is 76.0 Å². The van der Waals surface area contributed by atoms with Gasteiger partial charge in [0, 0.05) is 38.8 Å². The molecule has 0 atom stereocenters. The molecule has 2 saturated heterocycles. The fourth-order valence-electron chi connectivity index (χ4n) is 2.69. The monoisotopic (exact) mass is 352 g/mol. The Hall–Kier alpha value is -2.17. The van der Waals surface area contributed by atoms with Crippen LogP contribution < -0.4 is 20.7 Å². The van der Waals surface area contributed by atoms with Gasteiger partial charge in [0.2, 0.25) is 11.8 Å². The number of amides is 2. The van der Waals surface area contributed by atoms with E-state index in [9.17, 15) is 4.79 Å². The van der Waals surface area contributed by atoms with Crippen molar-refractivity contribution < 1.29 is 19.0 Å². The lowest BCUT2D eigenvalue weighted by Crippen LogP contribution is -2.39. The molecule has 0 aliphatic carbocycles. The number of carbonyl (C=O) groups is 1. The van der Waals surface area contributed by atoms with Gasteiger partial charge in [0.1, 0.15) is 12.4 Å². The maximum atomic E-state index is 11.1. The van der Waals surface area contributed by atoms with Gasteiger partial charge in [0.05, 0.1) is 26.4 Å². The molecule has 0 spiro atoms. The normalized spacial score (nSPS) is 18.8. The van der Waals surface area contributed by atoms with Gasteiger partial charge in [0.15, 0.2) is 0 Å². The third kappa shape index (κ3) is 5.41. The molecule has 1 aromatic rings. The lowest BCUT2D eigenvalue weighted by Gasteiger charge is -2.27. The third-order valence-corrected chi connectivity index (χ3v) is 4.00. The maximum absolute atomic E-state index is 11.1. The minimum atomic E-state index is -0.675. The van der Waals surface area contributed by atoms with Crippen molar-refractivity contribution in [3.63, 3.8) is 0 Å². The fraction of sp³-hybridized carbons (Fsp3) is 0.667. The number of carbonyl (C=O) groups excluding carboxylic acids is 1. The van der Waals surface area contributed by atoms with Gasteiger partial charge in [0.25, 0.3) is 0 Å². The molecule has 3 heterocycles. The number of nitrogens with two attached hydrogens (primary N) is 1. The molecule has 138 valence electrons. The van der Waals surface area contributed by atoms with E-state index in [1.54, 1.807) is 6.07 Å². The second-order valence-electron chi connectivity index (χ2n) is 5.78. The summed E-state index contributed by atoms with van der Waals surface area (Å²) in [5.74, 6) is 1.23. The van der Waals surface area contributed by atoms with Gasteiger partial charge in [-0.2, -0.15) is 9.97 Å². The molecule has 3 N–H and O–H groups in total. The lowest BCUT2D eigenvalue weighted by molar-refractivity contribution is 0.0320. The molecule has 2 fully saturated rings. The van der Waals surface area contributed by atoms with Crippen molar-refractivity contribution >= 4 is 17.8 Å². The summed E-state index contributed by atoms with van der Waals surface area (Å²) >= 11 is 0. The number of urea groups is 1. The van der Waals surface area contributed by atoms with Crippen LogP contribution in [0, 0.1) is 0 Å². The number of rotatable bonds is 6. The van der Waals surface area contributed by atoms with Crippen molar-refractivity contribution in [1.29, 1.82) is 0 Å². The maximum Gasteiger partial charge on any atom is 0.317 e. The molecular formula is C15H24N6O4. The Labute approximate surface area is 146 Å². The second kappa shape index (κ2) is 8.79. The van der Waals surface area contributed by atoms with Gasteiger partial charge >= 0.3 is 6.03 Å². The van der Waals surface area contributed by atoms with E-state index in [4.69, 9.17) is 19.9 Å². The first-order chi connectivity index (χ1) is 12.2. The Morgan fingerprint density at radius 3 is 2.52 bits per heavy atom. The molecular weight excluding hydrogens is 328 g/mol. The molecule has 10 nitrogen and oxygen atoms in total. The molecule has 2 aliphatic heterocycles. The Bertz CT molecular complexity index is 575. The van der Waals surface area contributed by atoms with Crippen LogP contribution in [-0.4, -0.2) is 86.7 Å². The summed E-state index contributed by atoms with van der Waals surface area (Å²) in [5.41, 5.74) is 5.20. The summed E-state index contributed by atoms with van der Waals surface area (Å²) in [6.07, 6.45) is 0. The number of nitrogens with one attached hydrogen (secondary N) is 1. The van der Waals surface area contributed by atoms with Crippen molar-refractivity contribution in [3.8, 4) is 5.88 Å². The predicted octanol–water partition coefficient (Wildman–Crippen LogP) is -0.485. The van der Waals surface area contributed by atoms with Crippen molar-refractivity contribution in [2.45, 2.75) is 0 Å². The predicted molar refractivity (Wildman–Crippen MR) is 91.0 cm³/mol. The van der Waals surface area contributed by atoms with Gasteiger partial charge in [-0.25, -0.2) is 4.79 Å². The zero-order valence-corrected chi connectivity index (χ0v) is 14.1. The average Bonchev–Trinajstić information content (AvgIpc) is 2.63. The number of aromatic nitrogens is 2. The fourth-order valence-corrected chi connectivity index (χ4v) is 2.69. The van der Waals surface area contributed by atoms with E-state index >= 15 is 0 Å². The highest BCUT2D eigenvalue weighted by molar-refractivity contribution is 5.86. The Morgan fingerprint density at radius 1 is 1.16 bits per heavy atom. The number of hydrogen-bond donors (Lipinski definition) is 2. The smallest absolute Gasteiger partial charge is 0.317 e. The lowest BCUT2D eigenvalue weighted by atomic mass is 10.4. The number of nitrogens with zero attached hydrogens (tertiary/aromatic N) is 4. The molecule has 0 unspecified atom stereocenters. The Balaban J connectivity index is 1.64. The minimum Gasteiger partial charge on any atom is -0.476 e. The highest BCUT2D eigenvalue weighted by atomic mass is 16.5. The van der Waals surface area contributed by atoms with E-state index in [0.29, 0.717) is 50.6 Å². The van der Waals surface area contributed by atoms with Crippen molar-refractivity contribution in [2.24, 2.45) is 5.73 Å². The number of anilines is 2. The van der Waals surface area contributed by atoms with Gasteiger partial charge in [-0.1, -0.05) is 0 Å². The van der Waals surface area contributed by atoms with Crippen LogP contribution in [0.3, 0.4) is 0 Å². The summed E-state index contributed by atoms with van der Waals surface area (Å²) in [5, 5.41) is 2.49. The first-order valence-electron chi connectivity index (χ1n) is 8.42. The Morgan fingerprint density at radius 2 is 1.84 bits per heavy atom. The summed E-state index contributed by atoms with van der Waals surface area (Å²) in [6.45, 7) is 7.20. The van der Waals surface area contributed by atoms with Crippen LogP contribution in [0.4, 0.5) is 16.6 Å². The van der Waals surface area contributed by atoms with Gasteiger partial charge in [-0.3, -0.25) is 10.2 Å². The molecule has 0 bridgehead atoms. The number of hydrogen-bond acceptors (Lipinski definition) is 8. The van der Waals surface area contributed by atoms with Crippen LogP contribution in [0.15, 0.2) is 6.07 Å². The largest absolute Gasteiger partial charge is 0.476 e. The van der Waals surface area contributed by atoms with Crippen LogP contribution >= 0.6 is 0 Å². The highest BCUT2D eigenvalue weighted by Gasteiger charge is 2.17. The topological polar surface area (TPSA) is 115 Å². The van der Waals surface area contributed by atoms with E-state index < -0.39 is 6.03 Å². The van der Waals surface area contributed by atoms with Crippen molar-refractivity contribution in [1.82, 2.24) is 14.9 Å². The SMILES string of the molecule is NC(=O)Nc1cc(OCCN2CCOCC2)nc(N2CCOCC2)n1. The average molecular weight is 352 g/mol. The zero-order chi connectivity index (χ0) is 17.5. The van der Waals surface area contributed by atoms with E-state index in [-0.39, 0.29) is 0 Å². The molecule has 0 aromatic carbocycles. The molecule has 0 radical (unpaired) electrons. The van der Waals surface area contributed by atoms with E-state index in [1.807, 2.05) is 4.90 Å². The number of ether oxygens (including phenoxy) is 3. The number of morpholine rings is 2. The number of primary amides is 1. The standard InChI is InChI=1S/C15H24N6O4/c16-14(22)17-12-11-13(25-10-3-20-1-6-23-7-2-20)19-15(18-12)21-4-8-24-9-5-21/h11H,1-10H2,(H3,16,17,18,19,22). The molecule has 2 amide bonds. The van der Waals surface area contributed by atoms with Gasteiger partial charge < -0.3 is 24.8 Å². The summed E-state index contributed by atoms with van der Waals surface area (Å²) in [7, 11) is 0. The van der Waals surface area contributed by atoms with Crippen molar-refractivity contribution in [3.05, 3.63) is 6.07 Å². The molecule has 0 saturated carbocycles. The molecule has 2 aliphatic rings. The first-order valence-corrected chi connectivity index (χ1v) is 8.42. The van der Waals surface area contributed by atoms with Gasteiger partial charge in [-0.05, 0) is 0 Å². The second-order valence-corrected chi connectivity index (χ2v) is 5.78. The zero-order valence-electron chi connectivity index (χ0n) is 14.1. The van der Waals surface area contributed by atoms with Crippen LogP contribution in [0.5, 0.6) is 5.88 Å². The van der Waals surface area contributed by atoms with E-state index in [1.165, 1.54) is 0 Å². The summed E-state index contributed by atoms with van der Waals surface area (Å²) in [4.78, 5) is 24.2. The summed E-state index contributed by atoms with van der Waals surface area (Å²) < 4.78 is 16.5. The minimum absolute atomic E-state index is 0.324. The van der Waals surface area contributed by atoms with E-state index in [0.717, 1.165) is 32.8 Å². The van der Waals surface area contributed by atoms with Crippen LogP contribution in [0.1, 0.15) is 0 Å². The third-order valence-electron chi connectivity index (χ3n) is 4.00. The van der Waals surface area contributed by atoms with Crippen LogP contribution in [-0.2, 0) is 9.47 Å². The molecule has 25 heavy (non-hydrogen) atoms. The highest BCUT2D eigenvalue weighted by Crippen LogP contribution is 2.20.